The van der Waals surface area contributed by atoms with Gasteiger partial charge in [-0.2, -0.15) is 9.84 Å². The molecule has 68 heavy (non-hydrogen) atoms. The molecule has 0 saturated carbocycles. The van der Waals surface area contributed by atoms with E-state index in [1.807, 2.05) is 48.6 Å². The van der Waals surface area contributed by atoms with Crippen molar-refractivity contribution in [1.29, 1.82) is 5.26 Å². The van der Waals surface area contributed by atoms with E-state index < -0.39 is 16.8 Å². The van der Waals surface area contributed by atoms with Gasteiger partial charge in [0.25, 0.3) is 6.47 Å². The van der Waals surface area contributed by atoms with Gasteiger partial charge in [0.05, 0.1) is 23.6 Å². The van der Waals surface area contributed by atoms with Crippen LogP contribution in [0.3, 0.4) is 0 Å². The largest absolute Gasteiger partial charge is 0.508 e. The lowest BCUT2D eigenvalue weighted by Crippen LogP contribution is -2.39. The Morgan fingerprint density at radius 1 is 0.809 bits per heavy atom. The van der Waals surface area contributed by atoms with Crippen LogP contribution in [-0.2, 0) is 44.4 Å². The van der Waals surface area contributed by atoms with Gasteiger partial charge in [0, 0.05) is 34.5 Å². The molecule has 9 rings (SSSR count). The van der Waals surface area contributed by atoms with Gasteiger partial charge in [0.1, 0.15) is 18.8 Å². The zero-order chi connectivity index (χ0) is 47.4. The molecule has 0 amide bonds. The topological polar surface area (TPSA) is 114 Å². The summed E-state index contributed by atoms with van der Waals surface area (Å²) >= 11 is 0. The minimum absolute atomic E-state index is 0.0762. The first kappa shape index (κ1) is 45.1. The minimum atomic E-state index is -0.889. The first-order valence-electron chi connectivity index (χ1n) is 23.1. The number of rotatable bonds is 16. The molecule has 0 spiro atoms. The smallest absolute Gasteiger partial charge is 0.309 e. The van der Waals surface area contributed by atoms with Crippen molar-refractivity contribution in [2.45, 2.75) is 57.3 Å². The maximum absolute atomic E-state index is 12.3. The molecule has 2 heterocycles. The van der Waals surface area contributed by atoms with E-state index in [1.165, 1.54) is 11.1 Å². The molecule has 0 bridgehead atoms. The zero-order valence-corrected chi connectivity index (χ0v) is 38.7. The summed E-state index contributed by atoms with van der Waals surface area (Å²) in [4.78, 5) is 26.0. The molecule has 2 N–H and O–H groups in total. The van der Waals surface area contributed by atoms with Gasteiger partial charge in [0.2, 0.25) is 5.69 Å². The normalized spacial score (nSPS) is 18.4. The highest BCUT2D eigenvalue weighted by Crippen LogP contribution is 2.53. The lowest BCUT2D eigenvalue weighted by molar-refractivity contribution is -0.436. The molecule has 338 valence electrons. The second-order valence-electron chi connectivity index (χ2n) is 18.3. The number of nitriles is 1. The second kappa shape index (κ2) is 19.1. The first-order valence-corrected chi connectivity index (χ1v) is 23.1. The number of nitrogens with zero attached hydrogens (tertiary/aromatic N) is 3. The van der Waals surface area contributed by atoms with E-state index in [0.717, 1.165) is 72.1 Å². The van der Waals surface area contributed by atoms with Crippen LogP contribution in [0, 0.1) is 25.2 Å². The third kappa shape index (κ3) is 8.71. The Morgan fingerprint density at radius 3 is 2.31 bits per heavy atom. The number of carbonyl (C=O) groups excluding carboxylic acids is 1. The Hall–Kier alpha value is -8.02. The zero-order valence-electron chi connectivity index (χ0n) is 38.7. The van der Waals surface area contributed by atoms with Crippen LogP contribution in [0.25, 0.3) is 21.5 Å². The summed E-state index contributed by atoms with van der Waals surface area (Å²) in [6.07, 6.45) is 9.58. The maximum Gasteiger partial charge on any atom is 0.309 e. The van der Waals surface area contributed by atoms with Crippen molar-refractivity contribution < 1.29 is 29.1 Å². The number of ether oxygens (including phenoxy) is 1. The summed E-state index contributed by atoms with van der Waals surface area (Å²) in [5.41, 5.74) is 10.8. The molecule has 2 unspecified atom stereocenters. The van der Waals surface area contributed by atoms with Crippen LogP contribution in [0.15, 0.2) is 181 Å². The molecule has 0 saturated heterocycles. The highest BCUT2D eigenvalue weighted by atomic mass is 16.5. The Bertz CT molecular complexity index is 3270. The maximum atomic E-state index is 12.3. The SMILES string of the molecule is Cc1ccc2ccc3c(c2c1)C(C)(Cc1ccc(O)cc1)\C(=C/C=C(C#N)/C=C/C1=[N+](CCC(=O)O)c2ccccc2C1(Cc1ccc2ccccc2c1)Cc1ccccc1C)N3CCOC=O. The molecular weight excluding hydrogens is 843 g/mol. The number of fused-ring (bicyclic) bond motifs is 5. The minimum Gasteiger partial charge on any atom is -0.508 e. The van der Waals surface area contributed by atoms with Gasteiger partial charge in [-0.25, -0.2) is 0 Å². The van der Waals surface area contributed by atoms with Crippen LogP contribution >= 0.6 is 0 Å². The van der Waals surface area contributed by atoms with Gasteiger partial charge in [-0.15, -0.1) is 0 Å². The number of phenolic OH excluding ortho intramolecular Hbond substituents is 1. The fourth-order valence-corrected chi connectivity index (χ4v) is 10.8. The van der Waals surface area contributed by atoms with Crippen LogP contribution in [-0.4, -0.2) is 52.6 Å². The second-order valence-corrected chi connectivity index (χ2v) is 18.3. The summed E-state index contributed by atoms with van der Waals surface area (Å²) in [7, 11) is 0. The van der Waals surface area contributed by atoms with Crippen LogP contribution < -0.4 is 4.90 Å². The number of hydrogen-bond acceptors (Lipinski definition) is 6. The van der Waals surface area contributed by atoms with Crippen LogP contribution in [0.5, 0.6) is 5.75 Å². The summed E-state index contributed by atoms with van der Waals surface area (Å²) in [6.45, 7) is 7.70. The van der Waals surface area contributed by atoms with Gasteiger partial charge in [-0.3, -0.25) is 9.59 Å². The van der Waals surface area contributed by atoms with E-state index in [-0.39, 0.29) is 25.3 Å². The number of benzene rings is 7. The number of para-hydroxylation sites is 1. The monoisotopic (exact) mass is 896 g/mol. The predicted molar refractivity (Wildman–Crippen MR) is 271 cm³/mol. The van der Waals surface area contributed by atoms with Gasteiger partial charge >= 0.3 is 5.97 Å². The van der Waals surface area contributed by atoms with Crippen molar-refractivity contribution in [3.8, 4) is 11.8 Å². The first-order chi connectivity index (χ1) is 33.0. The molecule has 0 aromatic heterocycles. The third-order valence-corrected chi connectivity index (χ3v) is 13.9. The molecule has 0 radical (unpaired) electrons. The summed E-state index contributed by atoms with van der Waals surface area (Å²) in [5.74, 6) is -0.701. The Kier molecular flexibility index (Phi) is 12.7. The summed E-state index contributed by atoms with van der Waals surface area (Å²) in [6, 6.07) is 52.3. The average molecular weight is 897 g/mol. The standard InChI is InChI=1S/C60H53N3O5/c1-41-16-22-47-24-27-54-58(51(47)34-41)59(3,36-43-18-25-50(65)26-19-43)55(63(54)32-33-68-40-64)28-20-44(39-61)21-29-56-60(38-49-13-5-4-10-42(49)2,37-45-17-23-46-11-6-7-12-48(46)35-45)52-14-8-9-15-53(52)62(56)31-30-57(66)67/h4-29,34-35,40H,30-33,36-38H2,1-3H3,(H-,65,66,67)/p+1. The lowest BCUT2D eigenvalue weighted by Gasteiger charge is -2.31. The van der Waals surface area contributed by atoms with Crippen molar-refractivity contribution in [1.82, 2.24) is 0 Å². The average Bonchev–Trinajstić information content (AvgIpc) is 3.73. The number of aryl methyl sites for hydroxylation is 2. The highest BCUT2D eigenvalue weighted by Gasteiger charge is 2.51. The number of anilines is 1. The van der Waals surface area contributed by atoms with Crippen molar-refractivity contribution in [2.24, 2.45) is 0 Å². The number of carboxylic acids is 1. The molecule has 7 aromatic carbocycles. The number of carbonyl (C=O) groups is 2. The predicted octanol–water partition coefficient (Wildman–Crippen LogP) is 11.7. The van der Waals surface area contributed by atoms with Crippen molar-refractivity contribution in [2.75, 3.05) is 24.6 Å². The van der Waals surface area contributed by atoms with Gasteiger partial charge in [-0.1, -0.05) is 127 Å². The molecule has 8 heteroatoms. The van der Waals surface area contributed by atoms with Crippen LogP contribution in [0.2, 0.25) is 0 Å². The summed E-state index contributed by atoms with van der Waals surface area (Å²) in [5, 5.41) is 35.9. The van der Waals surface area contributed by atoms with Crippen molar-refractivity contribution in [3.63, 3.8) is 0 Å². The van der Waals surface area contributed by atoms with Crippen LogP contribution in [0.1, 0.15) is 52.3 Å². The third-order valence-electron chi connectivity index (χ3n) is 13.9. The highest BCUT2D eigenvalue weighted by molar-refractivity contribution is 6.05. The lowest BCUT2D eigenvalue weighted by atomic mass is 9.68. The molecule has 8 nitrogen and oxygen atoms in total. The molecule has 7 aromatic rings. The molecule has 0 fully saturated rings. The molecular formula is C60H54N3O5+. The number of phenols is 1. The number of carboxylic acid groups (broad SMARTS) is 1. The number of allylic oxidation sites excluding steroid dienone is 6. The van der Waals surface area contributed by atoms with Gasteiger partial charge < -0.3 is 19.8 Å². The fraction of sp³-hybridized carbons (Fsp3) is 0.200. The van der Waals surface area contributed by atoms with E-state index in [1.54, 1.807) is 12.1 Å². The Labute approximate surface area is 397 Å². The van der Waals surface area contributed by atoms with E-state index in [0.29, 0.717) is 37.9 Å². The fourth-order valence-electron chi connectivity index (χ4n) is 10.8. The number of hydrogen-bond donors (Lipinski definition) is 2. The van der Waals surface area contributed by atoms with E-state index in [2.05, 4.69) is 146 Å². The van der Waals surface area contributed by atoms with Gasteiger partial charge in [0.15, 0.2) is 12.3 Å². The molecule has 2 aliphatic heterocycles. The molecule has 0 aliphatic carbocycles. The van der Waals surface area contributed by atoms with Gasteiger partial charge in [-0.05, 0) is 126 Å². The van der Waals surface area contributed by atoms with Crippen molar-refractivity contribution >= 4 is 51.1 Å². The van der Waals surface area contributed by atoms with E-state index in [9.17, 15) is 25.1 Å². The Balaban J connectivity index is 1.22. The number of aliphatic carboxylic acids is 1. The van der Waals surface area contributed by atoms with Crippen molar-refractivity contribution in [3.05, 3.63) is 220 Å². The number of aromatic hydroxyl groups is 1. The molecule has 2 aliphatic rings. The molecule has 2 atom stereocenters. The quantitative estimate of drug-likeness (QED) is 0.0326. The van der Waals surface area contributed by atoms with Crippen LogP contribution in [0.4, 0.5) is 11.4 Å². The van der Waals surface area contributed by atoms with E-state index >= 15 is 0 Å². The Morgan fingerprint density at radius 2 is 1.53 bits per heavy atom. The van der Waals surface area contributed by atoms with E-state index in [4.69, 9.17) is 4.74 Å². The summed E-state index contributed by atoms with van der Waals surface area (Å²) < 4.78 is 7.46.